The van der Waals surface area contributed by atoms with Crippen molar-refractivity contribution in [2.24, 2.45) is 11.7 Å². The molecule has 2 N–H and O–H groups in total. The second-order valence-electron chi connectivity index (χ2n) is 5.78. The lowest BCUT2D eigenvalue weighted by atomic mass is 9.97. The van der Waals surface area contributed by atoms with Gasteiger partial charge in [0, 0.05) is 32.7 Å². The molecule has 0 aliphatic carbocycles. The predicted molar refractivity (Wildman–Crippen MR) is 81.0 cm³/mol. The summed E-state index contributed by atoms with van der Waals surface area (Å²) >= 11 is 0. The van der Waals surface area contributed by atoms with E-state index in [1.54, 1.807) is 0 Å². The van der Waals surface area contributed by atoms with Gasteiger partial charge >= 0.3 is 0 Å². The Morgan fingerprint density at radius 2 is 2.11 bits per heavy atom. The van der Waals surface area contributed by atoms with Crippen LogP contribution in [0.4, 0.5) is 0 Å². The van der Waals surface area contributed by atoms with Gasteiger partial charge in [-0.3, -0.25) is 0 Å². The predicted octanol–water partition coefficient (Wildman–Crippen LogP) is 1.79. The van der Waals surface area contributed by atoms with Gasteiger partial charge in [0.1, 0.15) is 0 Å². The first-order chi connectivity index (χ1) is 9.28. The fourth-order valence-corrected chi connectivity index (χ4v) is 3.09. The number of hydrogen-bond donors (Lipinski definition) is 1. The van der Waals surface area contributed by atoms with Crippen LogP contribution < -0.4 is 5.73 Å². The van der Waals surface area contributed by atoms with E-state index >= 15 is 0 Å². The van der Waals surface area contributed by atoms with Crippen LogP contribution in [0.5, 0.6) is 0 Å². The van der Waals surface area contributed by atoms with Crippen molar-refractivity contribution in [3.63, 3.8) is 0 Å². The van der Waals surface area contributed by atoms with E-state index in [1.165, 1.54) is 38.0 Å². The first-order valence-corrected chi connectivity index (χ1v) is 7.43. The maximum atomic E-state index is 5.66. The Bertz CT molecular complexity index is 350. The Hall–Kier alpha value is -0.900. The van der Waals surface area contributed by atoms with Crippen LogP contribution >= 0.6 is 0 Å². The lowest BCUT2D eigenvalue weighted by Crippen LogP contribution is -2.41. The van der Waals surface area contributed by atoms with E-state index in [-0.39, 0.29) is 0 Å². The molecule has 0 aromatic heterocycles. The Balaban J connectivity index is 1.77. The van der Waals surface area contributed by atoms with Gasteiger partial charge in [-0.05, 0) is 37.9 Å². The Labute approximate surface area is 117 Å². The first kappa shape index (κ1) is 14.5. The first-order valence-electron chi connectivity index (χ1n) is 7.43. The molecule has 0 radical (unpaired) electrons. The summed E-state index contributed by atoms with van der Waals surface area (Å²) in [6.07, 6.45) is 2.68. The molecule has 3 nitrogen and oxygen atoms in total. The SMILES string of the molecule is CN(Cc1ccccc1)C[C@H]1CCCN(CCN)C1. The van der Waals surface area contributed by atoms with Gasteiger partial charge in [0.2, 0.25) is 0 Å². The fourth-order valence-electron chi connectivity index (χ4n) is 3.09. The van der Waals surface area contributed by atoms with Crippen molar-refractivity contribution in [2.75, 3.05) is 39.8 Å². The summed E-state index contributed by atoms with van der Waals surface area (Å²) in [7, 11) is 2.23. The molecule has 0 amide bonds. The van der Waals surface area contributed by atoms with Crippen LogP contribution in [0.1, 0.15) is 18.4 Å². The Kier molecular flexibility index (Phi) is 5.83. The van der Waals surface area contributed by atoms with Crippen LogP contribution in [0.2, 0.25) is 0 Å². The third-order valence-corrected chi connectivity index (χ3v) is 3.91. The molecule has 1 aliphatic heterocycles. The molecule has 0 saturated carbocycles. The maximum absolute atomic E-state index is 5.66. The van der Waals surface area contributed by atoms with Crippen LogP contribution in [-0.2, 0) is 6.54 Å². The number of piperidine rings is 1. The summed E-state index contributed by atoms with van der Waals surface area (Å²) < 4.78 is 0. The number of nitrogens with zero attached hydrogens (tertiary/aromatic N) is 2. The summed E-state index contributed by atoms with van der Waals surface area (Å²) in [6, 6.07) is 10.7. The minimum atomic E-state index is 0.784. The molecule has 1 aliphatic rings. The van der Waals surface area contributed by atoms with Gasteiger partial charge in [-0.1, -0.05) is 30.3 Å². The Morgan fingerprint density at radius 1 is 1.32 bits per heavy atom. The van der Waals surface area contributed by atoms with E-state index in [4.69, 9.17) is 5.73 Å². The molecule has 106 valence electrons. The van der Waals surface area contributed by atoms with Crippen LogP contribution in [0.3, 0.4) is 0 Å². The number of likely N-dealkylation sites (tertiary alicyclic amines) is 1. The van der Waals surface area contributed by atoms with E-state index < -0.39 is 0 Å². The van der Waals surface area contributed by atoms with E-state index in [2.05, 4.69) is 47.2 Å². The second-order valence-corrected chi connectivity index (χ2v) is 5.78. The highest BCUT2D eigenvalue weighted by Crippen LogP contribution is 2.17. The Morgan fingerprint density at radius 3 is 2.84 bits per heavy atom. The number of benzene rings is 1. The largest absolute Gasteiger partial charge is 0.329 e. The average molecular weight is 261 g/mol. The minimum Gasteiger partial charge on any atom is -0.329 e. The van der Waals surface area contributed by atoms with Crippen molar-refractivity contribution in [2.45, 2.75) is 19.4 Å². The molecule has 2 rings (SSSR count). The highest BCUT2D eigenvalue weighted by Gasteiger charge is 2.20. The summed E-state index contributed by atoms with van der Waals surface area (Å²) in [5.74, 6) is 0.800. The van der Waals surface area contributed by atoms with Gasteiger partial charge in [0.25, 0.3) is 0 Å². The smallest absolute Gasteiger partial charge is 0.0230 e. The third kappa shape index (κ3) is 4.94. The molecule has 1 heterocycles. The highest BCUT2D eigenvalue weighted by atomic mass is 15.2. The third-order valence-electron chi connectivity index (χ3n) is 3.91. The zero-order chi connectivity index (χ0) is 13.5. The van der Waals surface area contributed by atoms with Gasteiger partial charge < -0.3 is 15.5 Å². The van der Waals surface area contributed by atoms with Crippen molar-refractivity contribution in [3.8, 4) is 0 Å². The molecule has 1 aromatic carbocycles. The number of rotatable bonds is 6. The van der Waals surface area contributed by atoms with Gasteiger partial charge in [0.05, 0.1) is 0 Å². The molecule has 19 heavy (non-hydrogen) atoms. The van der Waals surface area contributed by atoms with Gasteiger partial charge in [-0.15, -0.1) is 0 Å². The average Bonchev–Trinajstić information content (AvgIpc) is 2.40. The molecule has 1 atom stereocenters. The number of hydrogen-bond acceptors (Lipinski definition) is 3. The molecule has 0 spiro atoms. The molecule has 1 saturated heterocycles. The normalized spacial score (nSPS) is 20.9. The monoisotopic (exact) mass is 261 g/mol. The van der Waals surface area contributed by atoms with Gasteiger partial charge in [0.15, 0.2) is 0 Å². The van der Waals surface area contributed by atoms with Crippen LogP contribution in [0.15, 0.2) is 30.3 Å². The van der Waals surface area contributed by atoms with Crippen molar-refractivity contribution >= 4 is 0 Å². The van der Waals surface area contributed by atoms with E-state index in [0.29, 0.717) is 0 Å². The van der Waals surface area contributed by atoms with Crippen LogP contribution in [0, 0.1) is 5.92 Å². The molecule has 0 unspecified atom stereocenters. The van der Waals surface area contributed by atoms with Crippen molar-refractivity contribution in [3.05, 3.63) is 35.9 Å². The maximum Gasteiger partial charge on any atom is 0.0230 e. The highest BCUT2D eigenvalue weighted by molar-refractivity contribution is 5.14. The molecule has 0 bridgehead atoms. The zero-order valence-corrected chi connectivity index (χ0v) is 12.1. The molecule has 3 heteroatoms. The molecule has 1 fully saturated rings. The summed E-state index contributed by atoms with van der Waals surface area (Å²) in [5.41, 5.74) is 7.06. The van der Waals surface area contributed by atoms with Crippen molar-refractivity contribution in [1.82, 2.24) is 9.80 Å². The quantitative estimate of drug-likeness (QED) is 0.847. The lowest BCUT2D eigenvalue weighted by molar-refractivity contribution is 0.144. The summed E-state index contributed by atoms with van der Waals surface area (Å²) in [5, 5.41) is 0. The van der Waals surface area contributed by atoms with E-state index in [0.717, 1.165) is 25.6 Å². The second kappa shape index (κ2) is 7.63. The van der Waals surface area contributed by atoms with Crippen molar-refractivity contribution < 1.29 is 0 Å². The topological polar surface area (TPSA) is 32.5 Å². The summed E-state index contributed by atoms with van der Waals surface area (Å²) in [4.78, 5) is 4.97. The van der Waals surface area contributed by atoms with E-state index in [9.17, 15) is 0 Å². The van der Waals surface area contributed by atoms with Gasteiger partial charge in [-0.2, -0.15) is 0 Å². The molecular weight excluding hydrogens is 234 g/mol. The lowest BCUT2D eigenvalue weighted by Gasteiger charge is -2.34. The standard InChI is InChI=1S/C16H27N3/c1-18(12-15-6-3-2-4-7-15)13-16-8-5-10-19(14-16)11-9-17/h2-4,6-7,16H,5,8-14,17H2,1H3/t16-/m1/s1. The minimum absolute atomic E-state index is 0.784. The molecule has 1 aromatic rings. The van der Waals surface area contributed by atoms with Crippen LogP contribution in [-0.4, -0.2) is 49.6 Å². The number of nitrogens with two attached hydrogens (primary N) is 1. The zero-order valence-electron chi connectivity index (χ0n) is 12.1. The molecular formula is C16H27N3. The summed E-state index contributed by atoms with van der Waals surface area (Å²) in [6.45, 7) is 6.53. The van der Waals surface area contributed by atoms with Crippen LogP contribution in [0.25, 0.3) is 0 Å². The van der Waals surface area contributed by atoms with E-state index in [1.807, 2.05) is 0 Å². The fraction of sp³-hybridized carbons (Fsp3) is 0.625. The van der Waals surface area contributed by atoms with Gasteiger partial charge in [-0.25, -0.2) is 0 Å². The van der Waals surface area contributed by atoms with Crippen molar-refractivity contribution in [1.29, 1.82) is 0 Å².